The van der Waals surface area contributed by atoms with Crippen LogP contribution in [0.4, 0.5) is 0 Å². The minimum atomic E-state index is -1.88. The number of piperidine rings is 1. The first-order chi connectivity index (χ1) is 28.4. The second-order valence-corrected chi connectivity index (χ2v) is 20.9. The van der Waals surface area contributed by atoms with Crippen LogP contribution in [0.15, 0.2) is 36.5 Å². The largest absolute Gasteiger partial charge is 0.481 e. The standard InChI is InChI=1S/C47H71NO12/c1-26-18-36-41-38(24-45(58-41)30(5)17-27(2)25-48-45)56-44(22-26,55-36)23-29(4)40-28(3)19-32(7)47(52,59-40)42(51)37-21-35-34(53-37)20-31(6)46(57-35)16-15-43(60-46)14-10-12-33(54-43)11-8-9-13-39(49)50/h8,10-11,14,26-28,30-38,40-42,48,51-52H,4,9,12-13,15-25H2,1-3,5-7H3,(H,49,50)/b11-8+/t26-,27+,28+,30-,31+,32-,33-,34+,35+,36-,37-,38+,40+,41+,42+,43+,44+,45-,46-,47-/m1/s1. The summed E-state index contributed by atoms with van der Waals surface area (Å²) in [6, 6.07) is 0. The third-order valence-electron chi connectivity index (χ3n) is 15.9. The number of allylic oxidation sites excluding steroid dienone is 1. The first-order valence-corrected chi connectivity index (χ1v) is 23.3. The number of aliphatic hydroxyl groups is 2. The Hall–Kier alpha value is -1.75. The molecule has 0 unspecified atom stereocenters. The van der Waals surface area contributed by atoms with E-state index in [1.54, 1.807) is 0 Å². The van der Waals surface area contributed by atoms with Crippen LogP contribution in [-0.2, 0) is 42.7 Å². The fourth-order valence-corrected chi connectivity index (χ4v) is 12.8. The summed E-state index contributed by atoms with van der Waals surface area (Å²) in [5, 5.41) is 37.3. The van der Waals surface area contributed by atoms with Gasteiger partial charge in [0.2, 0.25) is 0 Å². The van der Waals surface area contributed by atoms with E-state index in [2.05, 4.69) is 52.6 Å². The molecule has 0 aromatic heterocycles. The smallest absolute Gasteiger partial charge is 0.303 e. The van der Waals surface area contributed by atoms with Crippen molar-refractivity contribution in [1.29, 1.82) is 0 Å². The Morgan fingerprint density at radius 2 is 1.67 bits per heavy atom. The number of fused-ring (bicyclic) bond motifs is 5. The highest BCUT2D eigenvalue weighted by atomic mass is 16.8. The van der Waals surface area contributed by atoms with Crippen LogP contribution in [0.25, 0.3) is 0 Å². The number of nitrogens with one attached hydrogen (secondary N) is 1. The van der Waals surface area contributed by atoms with Gasteiger partial charge in [0, 0.05) is 63.3 Å². The minimum absolute atomic E-state index is 0.0210. The molecule has 9 aliphatic heterocycles. The molecule has 9 rings (SSSR count). The van der Waals surface area contributed by atoms with Gasteiger partial charge < -0.3 is 53.2 Å². The second-order valence-electron chi connectivity index (χ2n) is 20.9. The minimum Gasteiger partial charge on any atom is -0.481 e. The van der Waals surface area contributed by atoms with Gasteiger partial charge in [-0.15, -0.1) is 0 Å². The maximum Gasteiger partial charge on any atom is 0.303 e. The van der Waals surface area contributed by atoms with Crippen LogP contribution in [0.5, 0.6) is 0 Å². The van der Waals surface area contributed by atoms with Crippen molar-refractivity contribution in [3.63, 3.8) is 0 Å². The molecule has 8 fully saturated rings. The number of rotatable bonds is 9. The topological polar surface area (TPSA) is 164 Å². The van der Waals surface area contributed by atoms with Crippen molar-refractivity contribution in [3.05, 3.63) is 36.5 Å². The third-order valence-corrected chi connectivity index (χ3v) is 15.9. The summed E-state index contributed by atoms with van der Waals surface area (Å²) in [7, 11) is 0. The molecule has 20 atom stereocenters. The lowest BCUT2D eigenvalue weighted by molar-refractivity contribution is -0.367. The van der Waals surface area contributed by atoms with Crippen molar-refractivity contribution in [2.24, 2.45) is 35.5 Å². The number of aliphatic carboxylic acids is 1. The first kappa shape index (κ1) is 43.5. The summed E-state index contributed by atoms with van der Waals surface area (Å²) in [5.74, 6) is -4.41. The molecule has 0 aliphatic carbocycles. The molecule has 0 saturated carbocycles. The summed E-state index contributed by atoms with van der Waals surface area (Å²) in [5.41, 5.74) is 0.390. The zero-order chi connectivity index (χ0) is 42.4. The van der Waals surface area contributed by atoms with Gasteiger partial charge in [0.1, 0.15) is 17.9 Å². The van der Waals surface area contributed by atoms with Crippen LogP contribution in [-0.4, -0.2) is 112 Å². The van der Waals surface area contributed by atoms with E-state index >= 15 is 0 Å². The lowest BCUT2D eigenvalue weighted by Crippen LogP contribution is -2.62. The van der Waals surface area contributed by atoms with Gasteiger partial charge >= 0.3 is 5.97 Å². The molecular weight excluding hydrogens is 771 g/mol. The summed E-state index contributed by atoms with van der Waals surface area (Å²) >= 11 is 0. The maximum absolute atomic E-state index is 12.4. The van der Waals surface area contributed by atoms with Crippen LogP contribution in [0.2, 0.25) is 0 Å². The summed E-state index contributed by atoms with van der Waals surface area (Å²) in [6.07, 6.45) is 12.2. The Balaban J connectivity index is 0.846. The number of aliphatic hydroxyl groups excluding tert-OH is 1. The fraction of sp³-hybridized carbons (Fsp3) is 0.851. The monoisotopic (exact) mass is 841 g/mol. The van der Waals surface area contributed by atoms with Crippen LogP contribution in [0.1, 0.15) is 125 Å². The normalized spacial score (nSPS) is 52.9. The van der Waals surface area contributed by atoms with E-state index < -0.39 is 53.2 Å². The quantitative estimate of drug-likeness (QED) is 0.193. The van der Waals surface area contributed by atoms with Crippen LogP contribution in [0.3, 0.4) is 0 Å². The van der Waals surface area contributed by atoms with Crippen molar-refractivity contribution >= 4 is 5.97 Å². The highest BCUT2D eigenvalue weighted by molar-refractivity contribution is 5.66. The Labute approximate surface area is 355 Å². The lowest BCUT2D eigenvalue weighted by atomic mass is 9.76. The summed E-state index contributed by atoms with van der Waals surface area (Å²) in [4.78, 5) is 11.0. The van der Waals surface area contributed by atoms with Gasteiger partial charge in [0.15, 0.2) is 23.1 Å². The molecule has 0 aromatic carbocycles. The van der Waals surface area contributed by atoms with Gasteiger partial charge in [-0.25, -0.2) is 0 Å². The molecule has 0 radical (unpaired) electrons. The average molecular weight is 842 g/mol. The van der Waals surface area contributed by atoms with Crippen molar-refractivity contribution < 1.29 is 58.0 Å². The molecule has 13 heteroatoms. The molecule has 0 amide bonds. The van der Waals surface area contributed by atoms with Crippen LogP contribution >= 0.6 is 0 Å². The van der Waals surface area contributed by atoms with Crippen LogP contribution < -0.4 is 5.32 Å². The highest BCUT2D eigenvalue weighted by Crippen LogP contribution is 2.55. The average Bonchev–Trinajstić information content (AvgIpc) is 3.87. The van der Waals surface area contributed by atoms with E-state index in [1.165, 1.54) is 0 Å². The number of hydrogen-bond acceptors (Lipinski definition) is 12. The molecule has 60 heavy (non-hydrogen) atoms. The van der Waals surface area contributed by atoms with Crippen molar-refractivity contribution in [2.45, 2.75) is 209 Å². The molecular formula is C47H71NO12. The molecule has 8 saturated heterocycles. The van der Waals surface area contributed by atoms with E-state index in [-0.39, 0.29) is 60.8 Å². The Kier molecular flexibility index (Phi) is 11.6. The third kappa shape index (κ3) is 7.81. The number of ether oxygens (including phenoxy) is 8. The van der Waals surface area contributed by atoms with Gasteiger partial charge in [-0.3, -0.25) is 10.1 Å². The van der Waals surface area contributed by atoms with Crippen molar-refractivity contribution in [3.8, 4) is 0 Å². The number of carboxylic acids is 1. The van der Waals surface area contributed by atoms with E-state index in [0.29, 0.717) is 69.1 Å². The summed E-state index contributed by atoms with van der Waals surface area (Å²) < 4.78 is 54.1. The number of hydrogen-bond donors (Lipinski definition) is 4. The van der Waals surface area contributed by atoms with E-state index in [4.69, 9.17) is 43.0 Å². The van der Waals surface area contributed by atoms with Gasteiger partial charge in [-0.2, -0.15) is 0 Å². The van der Waals surface area contributed by atoms with Gasteiger partial charge in [-0.1, -0.05) is 66.3 Å². The van der Waals surface area contributed by atoms with Crippen molar-refractivity contribution in [2.75, 3.05) is 6.54 Å². The van der Waals surface area contributed by atoms with Gasteiger partial charge in [-0.05, 0) is 73.8 Å². The molecule has 0 aromatic rings. The highest BCUT2D eigenvalue weighted by Gasteiger charge is 2.64. The number of carboxylic acid groups (broad SMARTS) is 1. The predicted octanol–water partition coefficient (Wildman–Crippen LogP) is 6.26. The Morgan fingerprint density at radius 3 is 2.45 bits per heavy atom. The van der Waals surface area contributed by atoms with E-state index in [1.807, 2.05) is 25.2 Å². The molecule has 9 aliphatic rings. The molecule has 336 valence electrons. The fourth-order valence-electron chi connectivity index (χ4n) is 12.8. The second kappa shape index (κ2) is 16.0. The first-order valence-electron chi connectivity index (χ1n) is 23.3. The Morgan fingerprint density at radius 1 is 0.867 bits per heavy atom. The molecule has 13 nitrogen and oxygen atoms in total. The van der Waals surface area contributed by atoms with Gasteiger partial charge in [0.05, 0.1) is 42.7 Å². The molecule has 4 N–H and O–H groups in total. The zero-order valence-corrected chi connectivity index (χ0v) is 36.6. The number of carbonyl (C=O) groups is 1. The van der Waals surface area contributed by atoms with Crippen LogP contribution in [0, 0.1) is 35.5 Å². The summed E-state index contributed by atoms with van der Waals surface area (Å²) in [6.45, 7) is 18.5. The Bertz CT molecular complexity index is 1690. The van der Waals surface area contributed by atoms with Gasteiger partial charge in [0.25, 0.3) is 0 Å². The van der Waals surface area contributed by atoms with Crippen molar-refractivity contribution in [1.82, 2.24) is 5.32 Å². The maximum atomic E-state index is 12.4. The predicted molar refractivity (Wildman–Crippen MR) is 219 cm³/mol. The molecule has 2 bridgehead atoms. The molecule has 9 heterocycles. The SMILES string of the molecule is C=C(C[C@@]12C[C@H](C)C[C@@H](O1)[C@@H]1O[C@@]3(C[C@@H]1O2)NC[C@@H](C)C[C@H]3C)[C@H]1O[C@@](O)([C@@H](O)[C@H]2C[C@@H]3O[C@@]4(CC[C@]5(C=CC[C@@H](/C=C/CCC(=O)O)O5)O4)[C@@H](C)C[C@@H]3O2)[C@H](C)C[C@@H]1C. The lowest BCUT2D eigenvalue weighted by Gasteiger charge is -2.53. The van der Waals surface area contributed by atoms with E-state index in [9.17, 15) is 15.0 Å². The zero-order valence-electron chi connectivity index (χ0n) is 36.6. The van der Waals surface area contributed by atoms with E-state index in [0.717, 1.165) is 37.8 Å². The molecule has 3 spiro atoms.